The molecule has 3 rings (SSSR count). The molecule has 0 bridgehead atoms. The summed E-state index contributed by atoms with van der Waals surface area (Å²) in [6.45, 7) is 7.30. The van der Waals surface area contributed by atoms with Crippen LogP contribution in [0.25, 0.3) is 0 Å². The number of hydrogen-bond acceptors (Lipinski definition) is 4. The minimum Gasteiger partial charge on any atom is -0.422 e. The molecule has 0 unspecified atom stereocenters. The van der Waals surface area contributed by atoms with Crippen LogP contribution in [0, 0.1) is 19.8 Å². The molecule has 0 amide bonds. The van der Waals surface area contributed by atoms with Crippen molar-refractivity contribution in [1.82, 2.24) is 0 Å². The van der Waals surface area contributed by atoms with Crippen molar-refractivity contribution in [2.75, 3.05) is 0 Å². The molecule has 130 valence electrons. The molecule has 2 aliphatic rings. The molecule has 0 radical (unpaired) electrons. The number of benzene rings is 1. The third-order valence-electron chi connectivity index (χ3n) is 5.26. The van der Waals surface area contributed by atoms with Gasteiger partial charge < -0.3 is 9.47 Å². The number of carbonyl (C=O) groups excluding carboxylic acids is 2. The smallest absolute Gasteiger partial charge is 0.324 e. The molecule has 1 aliphatic heterocycles. The van der Waals surface area contributed by atoms with E-state index in [1.54, 1.807) is 13.8 Å². The van der Waals surface area contributed by atoms with Gasteiger partial charge in [0.25, 0.3) is 5.79 Å². The summed E-state index contributed by atoms with van der Waals surface area (Å²) in [5.41, 5.74) is 2.85. The average Bonchev–Trinajstić information content (AvgIpc) is 2.45. The molecule has 1 saturated carbocycles. The van der Waals surface area contributed by atoms with Crippen LogP contribution in [-0.2, 0) is 24.5 Å². The molecular weight excluding hydrogens is 304 g/mol. The lowest BCUT2D eigenvalue weighted by molar-refractivity contribution is -0.244. The van der Waals surface area contributed by atoms with E-state index >= 15 is 0 Å². The number of cyclic esters (lactones) is 2. The molecule has 4 heteroatoms. The van der Waals surface area contributed by atoms with Gasteiger partial charge in [-0.2, -0.15) is 0 Å². The van der Waals surface area contributed by atoms with Gasteiger partial charge in [-0.05, 0) is 32.3 Å². The van der Waals surface area contributed by atoms with Crippen LogP contribution in [-0.4, -0.2) is 17.7 Å². The van der Waals surface area contributed by atoms with Crippen molar-refractivity contribution in [2.45, 2.75) is 71.0 Å². The van der Waals surface area contributed by atoms with Crippen molar-refractivity contribution >= 4 is 11.9 Å². The zero-order valence-electron chi connectivity index (χ0n) is 15.0. The summed E-state index contributed by atoms with van der Waals surface area (Å²) in [5, 5.41) is 0. The Balaban J connectivity index is 2.09. The van der Waals surface area contributed by atoms with E-state index in [2.05, 4.69) is 18.2 Å². The summed E-state index contributed by atoms with van der Waals surface area (Å²) in [6.07, 6.45) is 4.77. The Bertz CT molecular complexity index is 628. The third-order valence-corrected chi connectivity index (χ3v) is 5.26. The van der Waals surface area contributed by atoms with Crippen molar-refractivity contribution < 1.29 is 19.1 Å². The first-order valence-corrected chi connectivity index (χ1v) is 8.78. The normalized spacial score (nSPS) is 23.5. The Morgan fingerprint density at radius 1 is 0.875 bits per heavy atom. The second-order valence-electron chi connectivity index (χ2n) is 7.77. The number of ether oxygens (including phenoxy) is 2. The van der Waals surface area contributed by atoms with Crippen LogP contribution in [0.5, 0.6) is 0 Å². The quantitative estimate of drug-likeness (QED) is 0.608. The highest BCUT2D eigenvalue weighted by atomic mass is 16.7. The van der Waals surface area contributed by atoms with Crippen molar-refractivity contribution in [1.29, 1.82) is 0 Å². The zero-order chi connectivity index (χ0) is 17.5. The van der Waals surface area contributed by atoms with Gasteiger partial charge in [-0.1, -0.05) is 48.6 Å². The standard InChI is InChI=1S/C20H26O4/c1-13-10-14(2)12-15(11-13)20(8-6-5-7-9-20)16-17(21)23-19(3,4)24-18(16)22/h10-12,16H,5-9H2,1-4H3. The molecule has 2 fully saturated rings. The largest absolute Gasteiger partial charge is 0.422 e. The molecule has 24 heavy (non-hydrogen) atoms. The summed E-state index contributed by atoms with van der Waals surface area (Å²) in [5.74, 6) is -2.94. The predicted molar refractivity (Wildman–Crippen MR) is 90.4 cm³/mol. The number of esters is 2. The van der Waals surface area contributed by atoms with Crippen LogP contribution in [0.15, 0.2) is 18.2 Å². The fourth-order valence-corrected chi connectivity index (χ4v) is 4.36. The number of hydrogen-bond donors (Lipinski definition) is 0. The summed E-state index contributed by atoms with van der Waals surface area (Å²) in [6, 6.07) is 6.33. The van der Waals surface area contributed by atoms with Gasteiger partial charge in [0.1, 0.15) is 0 Å². The van der Waals surface area contributed by atoms with E-state index in [1.807, 2.05) is 13.8 Å². The van der Waals surface area contributed by atoms with Crippen molar-refractivity contribution in [3.05, 3.63) is 34.9 Å². The first kappa shape index (κ1) is 17.0. The van der Waals surface area contributed by atoms with E-state index in [0.29, 0.717) is 0 Å². The van der Waals surface area contributed by atoms with E-state index < -0.39 is 29.1 Å². The van der Waals surface area contributed by atoms with Crippen LogP contribution >= 0.6 is 0 Å². The van der Waals surface area contributed by atoms with Gasteiger partial charge >= 0.3 is 11.9 Å². The Kier molecular flexibility index (Phi) is 4.18. The Labute approximate surface area is 143 Å². The predicted octanol–water partition coefficient (Wildman–Crippen LogP) is 3.96. The summed E-state index contributed by atoms with van der Waals surface area (Å²) >= 11 is 0. The summed E-state index contributed by atoms with van der Waals surface area (Å²) in [7, 11) is 0. The van der Waals surface area contributed by atoms with E-state index in [9.17, 15) is 9.59 Å². The fourth-order valence-electron chi connectivity index (χ4n) is 4.36. The molecule has 1 aromatic carbocycles. The highest BCUT2D eigenvalue weighted by molar-refractivity contribution is 5.98. The zero-order valence-corrected chi connectivity index (χ0v) is 15.0. The average molecular weight is 330 g/mol. The first-order chi connectivity index (χ1) is 11.2. The van der Waals surface area contributed by atoms with Crippen LogP contribution in [0.1, 0.15) is 62.6 Å². The van der Waals surface area contributed by atoms with Crippen molar-refractivity contribution in [2.24, 2.45) is 5.92 Å². The van der Waals surface area contributed by atoms with Crippen LogP contribution in [0.3, 0.4) is 0 Å². The van der Waals surface area contributed by atoms with Crippen LogP contribution in [0.2, 0.25) is 0 Å². The van der Waals surface area contributed by atoms with Crippen LogP contribution in [0.4, 0.5) is 0 Å². The van der Waals surface area contributed by atoms with Crippen molar-refractivity contribution in [3.63, 3.8) is 0 Å². The molecule has 0 aromatic heterocycles. The monoisotopic (exact) mass is 330 g/mol. The number of rotatable bonds is 2. The molecular formula is C20H26O4. The maximum atomic E-state index is 12.7. The second-order valence-corrected chi connectivity index (χ2v) is 7.77. The highest BCUT2D eigenvalue weighted by Gasteiger charge is 2.55. The van der Waals surface area contributed by atoms with Gasteiger partial charge in [-0.15, -0.1) is 0 Å². The van der Waals surface area contributed by atoms with Gasteiger partial charge in [0.15, 0.2) is 5.92 Å². The van der Waals surface area contributed by atoms with E-state index in [0.717, 1.165) is 48.8 Å². The maximum absolute atomic E-state index is 12.7. The Morgan fingerprint density at radius 3 is 1.88 bits per heavy atom. The molecule has 0 N–H and O–H groups in total. The Hall–Kier alpha value is -1.84. The lowest BCUT2D eigenvalue weighted by Crippen LogP contribution is -2.55. The second kappa shape index (κ2) is 5.91. The fraction of sp³-hybridized carbons (Fsp3) is 0.600. The summed E-state index contributed by atoms with van der Waals surface area (Å²) < 4.78 is 10.9. The first-order valence-electron chi connectivity index (χ1n) is 8.78. The minimum absolute atomic E-state index is 0.447. The molecule has 1 aliphatic carbocycles. The van der Waals surface area contributed by atoms with E-state index in [-0.39, 0.29) is 0 Å². The molecule has 0 spiro atoms. The lowest BCUT2D eigenvalue weighted by atomic mass is 9.61. The van der Waals surface area contributed by atoms with Gasteiger partial charge in [0.2, 0.25) is 0 Å². The maximum Gasteiger partial charge on any atom is 0.324 e. The SMILES string of the molecule is Cc1cc(C)cc(C2(C3C(=O)OC(C)(C)OC3=O)CCCCC2)c1. The molecule has 1 saturated heterocycles. The van der Waals surface area contributed by atoms with Gasteiger partial charge in [-0.3, -0.25) is 9.59 Å². The molecule has 1 aromatic rings. The number of aryl methyl sites for hydroxylation is 2. The lowest BCUT2D eigenvalue weighted by Gasteiger charge is -2.45. The van der Waals surface area contributed by atoms with Gasteiger partial charge in [0, 0.05) is 19.3 Å². The molecule has 4 nitrogen and oxygen atoms in total. The Morgan fingerprint density at radius 2 is 1.38 bits per heavy atom. The minimum atomic E-state index is -1.18. The third kappa shape index (κ3) is 2.94. The van der Waals surface area contributed by atoms with Gasteiger partial charge in [-0.25, -0.2) is 0 Å². The van der Waals surface area contributed by atoms with Crippen molar-refractivity contribution in [3.8, 4) is 0 Å². The van der Waals surface area contributed by atoms with E-state index in [4.69, 9.17) is 9.47 Å². The van der Waals surface area contributed by atoms with Crippen LogP contribution < -0.4 is 0 Å². The number of carbonyl (C=O) groups is 2. The molecule has 0 atom stereocenters. The highest BCUT2D eigenvalue weighted by Crippen LogP contribution is 2.48. The summed E-state index contributed by atoms with van der Waals surface area (Å²) in [4.78, 5) is 25.5. The van der Waals surface area contributed by atoms with Gasteiger partial charge in [0.05, 0.1) is 0 Å². The topological polar surface area (TPSA) is 52.6 Å². The molecule has 1 heterocycles. The van der Waals surface area contributed by atoms with E-state index in [1.165, 1.54) is 0 Å².